The number of nitrogens with zero attached hydrogens (tertiary/aromatic N) is 1. The molecule has 3 nitrogen and oxygen atoms in total. The standard InChI is InChI=1S/C18H38N2O/c1-6-11-19-17(10-8-9-16(3)4)18(5,7-2)20-12-14-21-15-13-20/h16-17,19H,6-15H2,1-5H3. The lowest BCUT2D eigenvalue weighted by Crippen LogP contribution is -2.61. The molecule has 1 N–H and O–H groups in total. The largest absolute Gasteiger partial charge is 0.379 e. The van der Waals surface area contributed by atoms with Crippen molar-refractivity contribution in [3.05, 3.63) is 0 Å². The molecule has 0 aliphatic carbocycles. The zero-order valence-corrected chi connectivity index (χ0v) is 15.1. The zero-order chi connectivity index (χ0) is 15.7. The summed E-state index contributed by atoms with van der Waals surface area (Å²) in [4.78, 5) is 2.67. The fourth-order valence-corrected chi connectivity index (χ4v) is 3.45. The van der Waals surface area contributed by atoms with E-state index in [0.717, 1.165) is 38.8 Å². The molecule has 0 amide bonds. The van der Waals surface area contributed by atoms with Crippen LogP contribution in [0.5, 0.6) is 0 Å². The molecule has 1 rings (SSSR count). The summed E-state index contributed by atoms with van der Waals surface area (Å²) < 4.78 is 5.55. The minimum absolute atomic E-state index is 0.260. The number of hydrogen-bond donors (Lipinski definition) is 1. The lowest BCUT2D eigenvalue weighted by molar-refractivity contribution is -0.0337. The van der Waals surface area contributed by atoms with Crippen LogP contribution in [0, 0.1) is 5.92 Å². The van der Waals surface area contributed by atoms with Crippen molar-refractivity contribution in [2.24, 2.45) is 5.92 Å². The van der Waals surface area contributed by atoms with Crippen molar-refractivity contribution in [1.82, 2.24) is 10.2 Å². The first-order valence-corrected chi connectivity index (χ1v) is 9.10. The summed E-state index contributed by atoms with van der Waals surface area (Å²) in [6.45, 7) is 16.8. The molecule has 0 bridgehead atoms. The molecule has 2 unspecified atom stereocenters. The SMILES string of the molecule is CCCNC(CCCC(C)C)C(C)(CC)N1CCOCC1. The normalized spacial score (nSPS) is 21.4. The number of nitrogens with one attached hydrogen (secondary N) is 1. The van der Waals surface area contributed by atoms with Gasteiger partial charge in [-0.2, -0.15) is 0 Å². The molecule has 0 spiro atoms. The Morgan fingerprint density at radius 2 is 1.81 bits per heavy atom. The van der Waals surface area contributed by atoms with Gasteiger partial charge in [0, 0.05) is 24.7 Å². The minimum Gasteiger partial charge on any atom is -0.379 e. The Bertz CT molecular complexity index is 264. The minimum atomic E-state index is 0.260. The quantitative estimate of drug-likeness (QED) is 0.666. The summed E-state index contributed by atoms with van der Waals surface area (Å²) in [7, 11) is 0. The van der Waals surface area contributed by atoms with E-state index in [-0.39, 0.29) is 5.54 Å². The Hall–Kier alpha value is -0.120. The third kappa shape index (κ3) is 5.88. The first-order chi connectivity index (χ1) is 10.0. The van der Waals surface area contributed by atoms with Crippen LogP contribution in [-0.4, -0.2) is 49.3 Å². The maximum Gasteiger partial charge on any atom is 0.0594 e. The Kier molecular flexibility index (Phi) is 8.84. The highest BCUT2D eigenvalue weighted by molar-refractivity contribution is 4.97. The molecule has 1 aliphatic rings. The molecular weight excluding hydrogens is 260 g/mol. The summed E-state index contributed by atoms with van der Waals surface area (Å²) >= 11 is 0. The Labute approximate surface area is 132 Å². The van der Waals surface area contributed by atoms with Crippen molar-refractivity contribution in [1.29, 1.82) is 0 Å². The second-order valence-electron chi connectivity index (χ2n) is 7.14. The maximum absolute atomic E-state index is 5.55. The summed E-state index contributed by atoms with van der Waals surface area (Å²) in [5.41, 5.74) is 0.260. The van der Waals surface area contributed by atoms with Gasteiger partial charge < -0.3 is 10.1 Å². The molecule has 0 radical (unpaired) electrons. The van der Waals surface area contributed by atoms with Gasteiger partial charge in [0.15, 0.2) is 0 Å². The molecule has 1 aliphatic heterocycles. The van der Waals surface area contributed by atoms with Crippen molar-refractivity contribution >= 4 is 0 Å². The van der Waals surface area contributed by atoms with E-state index in [4.69, 9.17) is 4.74 Å². The molecule has 0 saturated carbocycles. The third-order valence-corrected chi connectivity index (χ3v) is 5.11. The van der Waals surface area contributed by atoms with Crippen molar-refractivity contribution in [2.45, 2.75) is 78.3 Å². The molecule has 2 atom stereocenters. The Morgan fingerprint density at radius 3 is 2.33 bits per heavy atom. The van der Waals surface area contributed by atoms with Crippen LogP contribution in [0.4, 0.5) is 0 Å². The number of hydrogen-bond acceptors (Lipinski definition) is 3. The van der Waals surface area contributed by atoms with E-state index in [0.29, 0.717) is 6.04 Å². The van der Waals surface area contributed by atoms with Crippen LogP contribution in [0.25, 0.3) is 0 Å². The van der Waals surface area contributed by atoms with Gasteiger partial charge in [0.2, 0.25) is 0 Å². The average molecular weight is 299 g/mol. The highest BCUT2D eigenvalue weighted by Gasteiger charge is 2.38. The maximum atomic E-state index is 5.55. The monoisotopic (exact) mass is 298 g/mol. The average Bonchev–Trinajstić information content (AvgIpc) is 2.50. The topological polar surface area (TPSA) is 24.5 Å². The molecule has 1 saturated heterocycles. The number of ether oxygens (including phenoxy) is 1. The van der Waals surface area contributed by atoms with E-state index < -0.39 is 0 Å². The summed E-state index contributed by atoms with van der Waals surface area (Å²) in [5, 5.41) is 3.85. The summed E-state index contributed by atoms with van der Waals surface area (Å²) in [6.07, 6.45) is 6.38. The van der Waals surface area contributed by atoms with E-state index >= 15 is 0 Å². The van der Waals surface area contributed by atoms with Gasteiger partial charge in [-0.3, -0.25) is 4.90 Å². The van der Waals surface area contributed by atoms with Crippen LogP contribution in [0.2, 0.25) is 0 Å². The van der Waals surface area contributed by atoms with Crippen molar-refractivity contribution in [3.63, 3.8) is 0 Å². The van der Waals surface area contributed by atoms with Crippen molar-refractivity contribution in [3.8, 4) is 0 Å². The molecule has 1 heterocycles. The number of rotatable bonds is 10. The van der Waals surface area contributed by atoms with Gasteiger partial charge in [0.05, 0.1) is 13.2 Å². The predicted octanol–water partition coefficient (Wildman–Crippen LogP) is 3.68. The molecule has 0 aromatic heterocycles. The molecule has 3 heteroatoms. The third-order valence-electron chi connectivity index (χ3n) is 5.11. The molecule has 126 valence electrons. The van der Waals surface area contributed by atoms with Gasteiger partial charge in [-0.05, 0) is 38.6 Å². The van der Waals surface area contributed by atoms with Crippen LogP contribution in [0.3, 0.4) is 0 Å². The van der Waals surface area contributed by atoms with Gasteiger partial charge in [-0.25, -0.2) is 0 Å². The van der Waals surface area contributed by atoms with Gasteiger partial charge in [0.25, 0.3) is 0 Å². The fourth-order valence-electron chi connectivity index (χ4n) is 3.45. The van der Waals surface area contributed by atoms with E-state index in [1.807, 2.05) is 0 Å². The van der Waals surface area contributed by atoms with E-state index in [1.54, 1.807) is 0 Å². The van der Waals surface area contributed by atoms with Crippen LogP contribution >= 0.6 is 0 Å². The molecule has 21 heavy (non-hydrogen) atoms. The molecular formula is C18H38N2O. The highest BCUT2D eigenvalue weighted by atomic mass is 16.5. The molecule has 1 fully saturated rings. The lowest BCUT2D eigenvalue weighted by atomic mass is 9.83. The predicted molar refractivity (Wildman–Crippen MR) is 91.9 cm³/mol. The lowest BCUT2D eigenvalue weighted by Gasteiger charge is -2.48. The zero-order valence-electron chi connectivity index (χ0n) is 15.1. The van der Waals surface area contributed by atoms with E-state index in [2.05, 4.69) is 44.8 Å². The molecule has 0 aromatic rings. The summed E-state index contributed by atoms with van der Waals surface area (Å²) in [6, 6.07) is 0.597. The van der Waals surface area contributed by atoms with Gasteiger partial charge >= 0.3 is 0 Å². The van der Waals surface area contributed by atoms with E-state index in [9.17, 15) is 0 Å². The Morgan fingerprint density at radius 1 is 1.14 bits per heavy atom. The fraction of sp³-hybridized carbons (Fsp3) is 1.00. The second kappa shape index (κ2) is 9.81. The van der Waals surface area contributed by atoms with Crippen molar-refractivity contribution in [2.75, 3.05) is 32.8 Å². The van der Waals surface area contributed by atoms with E-state index in [1.165, 1.54) is 32.1 Å². The molecule has 0 aromatic carbocycles. The van der Waals surface area contributed by atoms with Crippen molar-refractivity contribution < 1.29 is 4.74 Å². The van der Waals surface area contributed by atoms with Gasteiger partial charge in [-0.15, -0.1) is 0 Å². The first kappa shape index (κ1) is 18.9. The number of morpholine rings is 1. The van der Waals surface area contributed by atoms with Gasteiger partial charge in [0.1, 0.15) is 0 Å². The second-order valence-corrected chi connectivity index (χ2v) is 7.14. The van der Waals surface area contributed by atoms with Crippen LogP contribution in [0.15, 0.2) is 0 Å². The van der Waals surface area contributed by atoms with Crippen LogP contribution in [-0.2, 0) is 4.74 Å². The smallest absolute Gasteiger partial charge is 0.0594 e. The van der Waals surface area contributed by atoms with Gasteiger partial charge in [-0.1, -0.05) is 40.5 Å². The Balaban J connectivity index is 2.69. The van der Waals surface area contributed by atoms with Crippen LogP contribution in [0.1, 0.15) is 66.7 Å². The first-order valence-electron chi connectivity index (χ1n) is 9.10. The van der Waals surface area contributed by atoms with Crippen LogP contribution < -0.4 is 5.32 Å². The highest BCUT2D eigenvalue weighted by Crippen LogP contribution is 2.28. The summed E-state index contributed by atoms with van der Waals surface area (Å²) in [5.74, 6) is 0.813.